The van der Waals surface area contributed by atoms with Crippen LogP contribution in [0, 0.1) is 20.8 Å². The molecule has 0 aliphatic heterocycles. The maximum Gasteiger partial charge on any atom is 0.257 e. The number of aromatic nitrogens is 2. The average Bonchev–Trinajstić information content (AvgIpc) is 3.16. The molecule has 144 valence electrons. The Kier molecular flexibility index (Phi) is 6.82. The maximum absolute atomic E-state index is 12.9. The monoisotopic (exact) mass is 388 g/mol. The highest BCUT2D eigenvalue weighted by Crippen LogP contribution is 2.23. The second kappa shape index (κ2) is 8.88. The van der Waals surface area contributed by atoms with Crippen LogP contribution in [0.3, 0.4) is 0 Å². The Bertz CT molecular complexity index is 930. The van der Waals surface area contributed by atoms with Crippen molar-refractivity contribution in [3.63, 3.8) is 0 Å². The first kappa shape index (κ1) is 20.7. The molecule has 0 bridgehead atoms. The van der Waals surface area contributed by atoms with E-state index in [1.54, 1.807) is 0 Å². The summed E-state index contributed by atoms with van der Waals surface area (Å²) in [6.07, 6.45) is 0. The first-order chi connectivity index (χ1) is 12.5. The van der Waals surface area contributed by atoms with Crippen LogP contribution in [-0.4, -0.2) is 22.2 Å². The highest BCUT2D eigenvalue weighted by atomic mass is 35.5. The van der Waals surface area contributed by atoms with Crippen molar-refractivity contribution in [3.05, 3.63) is 64.7 Å². The lowest BCUT2D eigenvalue weighted by molar-refractivity contribution is 0.102. The predicted molar refractivity (Wildman–Crippen MR) is 109 cm³/mol. The lowest BCUT2D eigenvalue weighted by Crippen LogP contribution is -2.17. The minimum atomic E-state index is -0.131. The van der Waals surface area contributed by atoms with Crippen LogP contribution in [0.25, 0.3) is 5.82 Å². The number of amides is 1. The zero-order valence-corrected chi connectivity index (χ0v) is 16.8. The zero-order valence-electron chi connectivity index (χ0n) is 16.0. The topological polar surface area (TPSA) is 72.1 Å². The quantitative estimate of drug-likeness (QED) is 0.664. The summed E-state index contributed by atoms with van der Waals surface area (Å²) in [6.45, 7) is 9.36. The van der Waals surface area contributed by atoms with Gasteiger partial charge in [0, 0.05) is 29.7 Å². The molecule has 3 aromatic rings. The average molecular weight is 389 g/mol. The Morgan fingerprint density at radius 2 is 1.93 bits per heavy atom. The summed E-state index contributed by atoms with van der Waals surface area (Å²) >= 11 is 0. The molecule has 0 aliphatic carbocycles. The fourth-order valence-corrected chi connectivity index (χ4v) is 3.05. The van der Waals surface area contributed by atoms with E-state index in [0.717, 1.165) is 34.9 Å². The van der Waals surface area contributed by atoms with Crippen LogP contribution in [0.15, 0.2) is 40.9 Å². The molecule has 0 radical (unpaired) electrons. The molecule has 0 saturated carbocycles. The standard InChI is InChI=1S/C20H24N4O2.ClH/c1-5-21-12-16-8-6-7-9-18(16)22-20(25)17-10-13(2)24(15(17)4)19-11-14(3)26-23-19;/h6-11,21H,5,12H2,1-4H3,(H,22,25);1H. The summed E-state index contributed by atoms with van der Waals surface area (Å²) < 4.78 is 7.10. The number of nitrogens with one attached hydrogen (secondary N) is 2. The number of hydrogen-bond acceptors (Lipinski definition) is 4. The third-order valence-corrected chi connectivity index (χ3v) is 4.35. The van der Waals surface area contributed by atoms with Gasteiger partial charge in [0.1, 0.15) is 5.76 Å². The van der Waals surface area contributed by atoms with E-state index in [1.165, 1.54) is 0 Å². The van der Waals surface area contributed by atoms with Gasteiger partial charge >= 0.3 is 0 Å². The van der Waals surface area contributed by atoms with Crippen molar-refractivity contribution in [1.82, 2.24) is 15.0 Å². The van der Waals surface area contributed by atoms with Gasteiger partial charge in [0.15, 0.2) is 5.82 Å². The van der Waals surface area contributed by atoms with Crippen molar-refractivity contribution >= 4 is 24.0 Å². The van der Waals surface area contributed by atoms with E-state index in [1.807, 2.05) is 61.7 Å². The van der Waals surface area contributed by atoms with Crippen LogP contribution in [0.5, 0.6) is 0 Å². The molecule has 0 unspecified atom stereocenters. The molecule has 2 heterocycles. The Balaban J connectivity index is 0.00000261. The van der Waals surface area contributed by atoms with Gasteiger partial charge < -0.3 is 15.2 Å². The number of hydrogen-bond donors (Lipinski definition) is 2. The molecule has 2 aromatic heterocycles. The zero-order chi connectivity index (χ0) is 18.7. The molecule has 27 heavy (non-hydrogen) atoms. The summed E-state index contributed by atoms with van der Waals surface area (Å²) in [4.78, 5) is 12.9. The Morgan fingerprint density at radius 3 is 2.59 bits per heavy atom. The van der Waals surface area contributed by atoms with Crippen LogP contribution in [0.4, 0.5) is 5.69 Å². The summed E-state index contributed by atoms with van der Waals surface area (Å²) in [7, 11) is 0. The van der Waals surface area contributed by atoms with Crippen LogP contribution in [0.1, 0.15) is 40.0 Å². The molecule has 1 amide bonds. The fraction of sp³-hybridized carbons (Fsp3) is 0.300. The first-order valence-corrected chi connectivity index (χ1v) is 8.74. The van der Waals surface area contributed by atoms with Gasteiger partial charge in [0.05, 0.1) is 5.56 Å². The molecular formula is C20H25ClN4O2. The SMILES string of the molecule is CCNCc1ccccc1NC(=O)c1cc(C)n(-c2cc(C)on2)c1C.Cl. The summed E-state index contributed by atoms with van der Waals surface area (Å²) in [5, 5.41) is 10.4. The molecule has 0 atom stereocenters. The second-order valence-electron chi connectivity index (χ2n) is 6.31. The molecule has 6 nitrogen and oxygen atoms in total. The highest BCUT2D eigenvalue weighted by Gasteiger charge is 2.19. The van der Waals surface area contributed by atoms with Gasteiger partial charge in [0.25, 0.3) is 5.91 Å². The van der Waals surface area contributed by atoms with Gasteiger partial charge in [-0.25, -0.2) is 0 Å². The third-order valence-electron chi connectivity index (χ3n) is 4.35. The number of nitrogens with zero attached hydrogens (tertiary/aromatic N) is 2. The number of carbonyl (C=O) groups excluding carboxylic acids is 1. The molecule has 0 spiro atoms. The van der Waals surface area contributed by atoms with Crippen molar-refractivity contribution in [2.24, 2.45) is 0 Å². The van der Waals surface area contributed by atoms with Crippen molar-refractivity contribution in [2.75, 3.05) is 11.9 Å². The molecule has 1 aromatic carbocycles. The van der Waals surface area contributed by atoms with E-state index in [9.17, 15) is 4.79 Å². The van der Waals surface area contributed by atoms with Crippen LogP contribution >= 0.6 is 12.4 Å². The fourth-order valence-electron chi connectivity index (χ4n) is 3.05. The largest absolute Gasteiger partial charge is 0.360 e. The van der Waals surface area contributed by atoms with E-state index < -0.39 is 0 Å². The highest BCUT2D eigenvalue weighted by molar-refractivity contribution is 6.05. The number of halogens is 1. The molecule has 3 rings (SSSR count). The van der Waals surface area contributed by atoms with Crippen LogP contribution in [-0.2, 0) is 6.54 Å². The van der Waals surface area contributed by atoms with Gasteiger partial charge in [-0.15, -0.1) is 12.4 Å². The lowest BCUT2D eigenvalue weighted by atomic mass is 10.1. The number of benzene rings is 1. The molecular weight excluding hydrogens is 364 g/mol. The summed E-state index contributed by atoms with van der Waals surface area (Å²) in [5.41, 5.74) is 4.27. The van der Waals surface area contributed by atoms with E-state index in [-0.39, 0.29) is 18.3 Å². The number of carbonyl (C=O) groups is 1. The van der Waals surface area contributed by atoms with E-state index in [0.29, 0.717) is 17.9 Å². The molecule has 0 aliphatic rings. The second-order valence-corrected chi connectivity index (χ2v) is 6.31. The Morgan fingerprint density at radius 1 is 1.19 bits per heavy atom. The summed E-state index contributed by atoms with van der Waals surface area (Å²) in [6, 6.07) is 11.6. The van der Waals surface area contributed by atoms with Crippen molar-refractivity contribution in [3.8, 4) is 5.82 Å². The lowest BCUT2D eigenvalue weighted by Gasteiger charge is -2.11. The van der Waals surface area contributed by atoms with E-state index in [4.69, 9.17) is 4.52 Å². The molecule has 0 fully saturated rings. The number of aryl methyl sites for hydroxylation is 2. The Labute approximate surface area is 165 Å². The normalized spacial score (nSPS) is 10.5. The van der Waals surface area contributed by atoms with Gasteiger partial charge in [-0.3, -0.25) is 9.36 Å². The maximum atomic E-state index is 12.9. The minimum absolute atomic E-state index is 0. The minimum Gasteiger partial charge on any atom is -0.360 e. The predicted octanol–water partition coefficient (Wildman–Crippen LogP) is 4.17. The number of anilines is 1. The van der Waals surface area contributed by atoms with Crippen molar-refractivity contribution < 1.29 is 9.32 Å². The number of rotatable bonds is 6. The molecule has 7 heteroatoms. The van der Waals surface area contributed by atoms with Crippen molar-refractivity contribution in [1.29, 1.82) is 0 Å². The van der Waals surface area contributed by atoms with Gasteiger partial charge in [-0.1, -0.05) is 30.3 Å². The molecule has 2 N–H and O–H groups in total. The van der Waals surface area contributed by atoms with E-state index in [2.05, 4.69) is 22.7 Å². The Hall–Kier alpha value is -2.57. The molecule has 0 saturated heterocycles. The third kappa shape index (κ3) is 4.40. The van der Waals surface area contributed by atoms with E-state index >= 15 is 0 Å². The number of para-hydroxylation sites is 1. The van der Waals surface area contributed by atoms with Gasteiger partial charge in [-0.2, -0.15) is 0 Å². The first-order valence-electron chi connectivity index (χ1n) is 8.74. The van der Waals surface area contributed by atoms with Crippen LogP contribution in [0.2, 0.25) is 0 Å². The van der Waals surface area contributed by atoms with Crippen molar-refractivity contribution in [2.45, 2.75) is 34.2 Å². The van der Waals surface area contributed by atoms with Gasteiger partial charge in [-0.05, 0) is 45.0 Å². The van der Waals surface area contributed by atoms with Gasteiger partial charge in [0.2, 0.25) is 0 Å². The van der Waals surface area contributed by atoms with Crippen LogP contribution < -0.4 is 10.6 Å². The smallest absolute Gasteiger partial charge is 0.257 e. The summed E-state index contributed by atoms with van der Waals surface area (Å²) in [5.74, 6) is 1.29.